The van der Waals surface area contributed by atoms with E-state index in [4.69, 9.17) is 4.74 Å². The van der Waals surface area contributed by atoms with Gasteiger partial charge in [-0.1, -0.05) is 6.07 Å². The summed E-state index contributed by atoms with van der Waals surface area (Å²) in [5.74, 6) is 0.916. The first-order valence-electron chi connectivity index (χ1n) is 5.90. The maximum absolute atomic E-state index is 10.4. The minimum Gasteiger partial charge on any atom is -0.493 e. The van der Waals surface area contributed by atoms with E-state index in [2.05, 4.69) is 36.8 Å². The quantitative estimate of drug-likeness (QED) is 0.859. The van der Waals surface area contributed by atoms with Gasteiger partial charge < -0.3 is 9.84 Å². The number of rotatable bonds is 2. The number of hydrogen-bond donors (Lipinski definition) is 1. The second-order valence-corrected chi connectivity index (χ2v) is 6.16. The van der Waals surface area contributed by atoms with Gasteiger partial charge in [0.05, 0.1) is 12.3 Å². The molecule has 1 unspecified atom stereocenters. The minimum atomic E-state index is -0.742. The molecule has 0 saturated heterocycles. The molecule has 0 bridgehead atoms. The fourth-order valence-electron chi connectivity index (χ4n) is 2.16. The number of halogens is 2. The van der Waals surface area contributed by atoms with Crippen LogP contribution in [0.15, 0.2) is 39.4 Å². The third-order valence-corrected chi connectivity index (χ3v) is 4.19. The molecule has 1 aromatic heterocycles. The molecule has 0 spiro atoms. The summed E-state index contributed by atoms with van der Waals surface area (Å²) in [7, 11) is 0. The van der Waals surface area contributed by atoms with Crippen molar-refractivity contribution in [1.29, 1.82) is 0 Å². The van der Waals surface area contributed by atoms with E-state index in [1.165, 1.54) is 0 Å². The molecule has 1 aliphatic heterocycles. The van der Waals surface area contributed by atoms with Crippen molar-refractivity contribution >= 4 is 31.9 Å². The molecule has 3 rings (SSSR count). The number of hydrogen-bond acceptors (Lipinski definition) is 3. The van der Waals surface area contributed by atoms with Crippen LogP contribution in [0.3, 0.4) is 0 Å². The van der Waals surface area contributed by atoms with Gasteiger partial charge in [-0.15, -0.1) is 0 Å². The van der Waals surface area contributed by atoms with Crippen molar-refractivity contribution in [3.63, 3.8) is 0 Å². The summed E-state index contributed by atoms with van der Waals surface area (Å²) in [6, 6.07) is 7.66. The van der Waals surface area contributed by atoms with Crippen LogP contribution in [-0.2, 0) is 6.42 Å². The third kappa shape index (κ3) is 2.55. The highest BCUT2D eigenvalue weighted by atomic mass is 79.9. The van der Waals surface area contributed by atoms with Gasteiger partial charge in [0.25, 0.3) is 0 Å². The van der Waals surface area contributed by atoms with Crippen molar-refractivity contribution in [1.82, 2.24) is 4.98 Å². The van der Waals surface area contributed by atoms with Gasteiger partial charge in [-0.25, -0.2) is 0 Å². The molecule has 0 saturated carbocycles. The molecule has 1 atom stereocenters. The first-order valence-corrected chi connectivity index (χ1v) is 7.48. The lowest BCUT2D eigenvalue weighted by atomic mass is 10.0. The van der Waals surface area contributed by atoms with E-state index >= 15 is 0 Å². The van der Waals surface area contributed by atoms with Crippen LogP contribution in [0, 0.1) is 0 Å². The standard InChI is InChI=1S/C14H11Br2NO2/c15-10-6-11(16)13(17-7-10)14(18)9-1-2-12-8(5-9)3-4-19-12/h1-2,5-7,14,18H,3-4H2. The Balaban J connectivity index is 1.97. The van der Waals surface area contributed by atoms with Crippen molar-refractivity contribution < 1.29 is 9.84 Å². The summed E-state index contributed by atoms with van der Waals surface area (Å²) in [6.07, 6.45) is 1.83. The summed E-state index contributed by atoms with van der Waals surface area (Å²) in [4.78, 5) is 4.27. The SMILES string of the molecule is OC(c1ccc2c(c1)CCO2)c1ncc(Br)cc1Br. The van der Waals surface area contributed by atoms with Gasteiger partial charge in [0, 0.05) is 21.6 Å². The van der Waals surface area contributed by atoms with Crippen molar-refractivity contribution in [3.05, 3.63) is 56.2 Å². The Morgan fingerprint density at radius 3 is 2.89 bits per heavy atom. The van der Waals surface area contributed by atoms with Gasteiger partial charge in [-0.05, 0) is 61.2 Å². The Kier molecular flexibility index (Phi) is 3.60. The number of pyridine rings is 1. The summed E-state index contributed by atoms with van der Waals surface area (Å²) in [5.41, 5.74) is 2.59. The number of ether oxygens (including phenoxy) is 1. The van der Waals surface area contributed by atoms with Crippen molar-refractivity contribution in [3.8, 4) is 5.75 Å². The van der Waals surface area contributed by atoms with E-state index in [1.807, 2.05) is 24.3 Å². The zero-order chi connectivity index (χ0) is 13.4. The van der Waals surface area contributed by atoms with Gasteiger partial charge in [-0.2, -0.15) is 0 Å². The monoisotopic (exact) mass is 383 g/mol. The predicted molar refractivity (Wildman–Crippen MR) is 79.3 cm³/mol. The van der Waals surface area contributed by atoms with Crippen LogP contribution in [0.5, 0.6) is 5.75 Å². The smallest absolute Gasteiger partial charge is 0.122 e. The zero-order valence-corrected chi connectivity index (χ0v) is 13.1. The molecular weight excluding hydrogens is 374 g/mol. The van der Waals surface area contributed by atoms with Crippen LogP contribution >= 0.6 is 31.9 Å². The molecule has 0 fully saturated rings. The Morgan fingerprint density at radius 2 is 2.11 bits per heavy atom. The lowest BCUT2D eigenvalue weighted by Crippen LogP contribution is -2.03. The zero-order valence-electron chi connectivity index (χ0n) is 9.94. The van der Waals surface area contributed by atoms with Crippen molar-refractivity contribution in [2.24, 2.45) is 0 Å². The maximum Gasteiger partial charge on any atom is 0.122 e. The van der Waals surface area contributed by atoms with Crippen LogP contribution in [0.2, 0.25) is 0 Å². The second kappa shape index (κ2) is 5.23. The lowest BCUT2D eigenvalue weighted by Gasteiger charge is -2.13. The Bertz CT molecular complexity index is 631. The van der Waals surface area contributed by atoms with Gasteiger partial charge in [0.1, 0.15) is 11.9 Å². The van der Waals surface area contributed by atoms with E-state index in [0.29, 0.717) is 5.69 Å². The summed E-state index contributed by atoms with van der Waals surface area (Å²) >= 11 is 6.78. The van der Waals surface area contributed by atoms with Gasteiger partial charge in [0.15, 0.2) is 0 Å². The number of fused-ring (bicyclic) bond motifs is 1. The molecule has 1 aliphatic rings. The Morgan fingerprint density at radius 1 is 1.26 bits per heavy atom. The summed E-state index contributed by atoms with van der Waals surface area (Å²) in [6.45, 7) is 0.717. The average molecular weight is 385 g/mol. The molecule has 98 valence electrons. The van der Waals surface area contributed by atoms with Gasteiger partial charge in [0.2, 0.25) is 0 Å². The number of nitrogens with zero attached hydrogens (tertiary/aromatic N) is 1. The molecular formula is C14H11Br2NO2. The Labute approximate surface area is 127 Å². The molecule has 19 heavy (non-hydrogen) atoms. The third-order valence-electron chi connectivity index (χ3n) is 3.12. The summed E-state index contributed by atoms with van der Waals surface area (Å²) < 4.78 is 7.12. The molecule has 0 amide bonds. The molecule has 1 aromatic carbocycles. The van der Waals surface area contributed by atoms with E-state index in [-0.39, 0.29) is 0 Å². The fourth-order valence-corrected chi connectivity index (χ4v) is 3.37. The van der Waals surface area contributed by atoms with E-state index in [0.717, 1.165) is 38.8 Å². The van der Waals surface area contributed by atoms with Crippen molar-refractivity contribution in [2.45, 2.75) is 12.5 Å². The number of benzene rings is 1. The van der Waals surface area contributed by atoms with Gasteiger partial charge >= 0.3 is 0 Å². The largest absolute Gasteiger partial charge is 0.493 e. The molecule has 1 N–H and O–H groups in total. The summed E-state index contributed by atoms with van der Waals surface area (Å²) in [5, 5.41) is 10.4. The topological polar surface area (TPSA) is 42.4 Å². The fraction of sp³-hybridized carbons (Fsp3) is 0.214. The molecule has 2 aromatic rings. The highest BCUT2D eigenvalue weighted by Gasteiger charge is 2.19. The molecule has 0 radical (unpaired) electrons. The normalized spacial score (nSPS) is 14.9. The molecule has 5 heteroatoms. The van der Waals surface area contributed by atoms with Crippen LogP contribution in [0.4, 0.5) is 0 Å². The molecule has 2 heterocycles. The van der Waals surface area contributed by atoms with Crippen molar-refractivity contribution in [2.75, 3.05) is 6.61 Å². The highest BCUT2D eigenvalue weighted by molar-refractivity contribution is 9.11. The number of aliphatic hydroxyl groups excluding tert-OH is 1. The highest BCUT2D eigenvalue weighted by Crippen LogP contribution is 2.32. The van der Waals surface area contributed by atoms with Gasteiger partial charge in [-0.3, -0.25) is 4.98 Å². The van der Waals surface area contributed by atoms with Crippen LogP contribution in [-0.4, -0.2) is 16.7 Å². The first kappa shape index (κ1) is 13.1. The molecule has 3 nitrogen and oxygen atoms in total. The lowest BCUT2D eigenvalue weighted by molar-refractivity contribution is 0.214. The molecule has 0 aliphatic carbocycles. The van der Waals surface area contributed by atoms with Crippen LogP contribution < -0.4 is 4.74 Å². The van der Waals surface area contributed by atoms with Crippen LogP contribution in [0.25, 0.3) is 0 Å². The average Bonchev–Trinajstić information content (AvgIpc) is 2.85. The minimum absolute atomic E-state index is 0.613. The number of aromatic nitrogens is 1. The van der Waals surface area contributed by atoms with E-state index in [9.17, 15) is 5.11 Å². The number of aliphatic hydroxyl groups is 1. The van der Waals surface area contributed by atoms with E-state index in [1.54, 1.807) is 6.20 Å². The maximum atomic E-state index is 10.4. The second-order valence-electron chi connectivity index (χ2n) is 4.39. The van der Waals surface area contributed by atoms with E-state index < -0.39 is 6.10 Å². The Hall–Kier alpha value is -0.910. The predicted octanol–water partition coefficient (Wildman–Crippen LogP) is 3.62. The first-order chi connectivity index (χ1) is 9.15. The van der Waals surface area contributed by atoms with Crippen LogP contribution in [0.1, 0.15) is 22.9 Å².